The number of benzene rings is 2. The first kappa shape index (κ1) is 16.8. The molecule has 25 heavy (non-hydrogen) atoms. The fourth-order valence-corrected chi connectivity index (χ4v) is 3.13. The van der Waals surface area contributed by atoms with E-state index < -0.39 is 23.6 Å². The van der Waals surface area contributed by atoms with Crippen LogP contribution in [0.4, 0.5) is 10.1 Å². The lowest BCUT2D eigenvalue weighted by Gasteiger charge is -2.17. The van der Waals surface area contributed by atoms with E-state index in [9.17, 15) is 18.8 Å². The maximum atomic E-state index is 13.8. The van der Waals surface area contributed by atoms with Gasteiger partial charge in [0.25, 0.3) is 0 Å². The molecule has 1 aliphatic heterocycles. The van der Waals surface area contributed by atoms with E-state index in [1.165, 1.54) is 23.1 Å². The van der Waals surface area contributed by atoms with Gasteiger partial charge in [0.05, 0.1) is 5.69 Å². The van der Waals surface area contributed by atoms with Crippen molar-refractivity contribution in [2.75, 3.05) is 18.9 Å². The van der Waals surface area contributed by atoms with E-state index in [0.717, 1.165) is 11.8 Å². The zero-order valence-corrected chi connectivity index (χ0v) is 13.6. The van der Waals surface area contributed by atoms with Crippen LogP contribution in [0.3, 0.4) is 0 Å². The number of hydrogen-bond donors (Lipinski definition) is 1. The van der Waals surface area contributed by atoms with Crippen molar-refractivity contribution in [1.29, 1.82) is 0 Å². The Hall–Kier alpha value is -3.02. The normalized spacial score (nSPS) is 19.8. The number of amides is 2. The average molecular weight is 340 g/mol. The first-order chi connectivity index (χ1) is 12.0. The Balaban J connectivity index is 1.90. The van der Waals surface area contributed by atoms with E-state index in [4.69, 9.17) is 0 Å². The second-order valence-corrected chi connectivity index (χ2v) is 6.06. The fourth-order valence-electron chi connectivity index (χ4n) is 3.13. The smallest absolute Gasteiger partial charge is 0.237 e. The molecule has 1 N–H and O–H groups in total. The molecule has 1 fully saturated rings. The van der Waals surface area contributed by atoms with Gasteiger partial charge in [0.1, 0.15) is 18.0 Å². The second-order valence-electron chi connectivity index (χ2n) is 6.06. The number of rotatable bonds is 4. The number of anilines is 1. The number of likely N-dealkylation sites (N-methyl/N-ethyl adjacent to an activating group) is 1. The van der Waals surface area contributed by atoms with Crippen LogP contribution in [-0.4, -0.2) is 36.6 Å². The Bertz CT molecular complexity index is 837. The molecule has 128 valence electrons. The van der Waals surface area contributed by atoms with Crippen molar-refractivity contribution in [3.63, 3.8) is 0 Å². The summed E-state index contributed by atoms with van der Waals surface area (Å²) >= 11 is 0. The van der Waals surface area contributed by atoms with Gasteiger partial charge in [-0.3, -0.25) is 14.4 Å². The number of nitrogens with zero attached hydrogens (tertiary/aromatic N) is 1. The summed E-state index contributed by atoms with van der Waals surface area (Å²) in [6.07, 6.45) is 0.721. The monoisotopic (exact) mass is 340 g/mol. The van der Waals surface area contributed by atoms with Crippen molar-refractivity contribution in [2.24, 2.45) is 5.92 Å². The number of hydrogen-bond acceptors (Lipinski definition) is 3. The molecule has 1 aliphatic rings. The van der Waals surface area contributed by atoms with Crippen LogP contribution in [0.5, 0.6) is 0 Å². The topological polar surface area (TPSA) is 66.5 Å². The Kier molecular flexibility index (Phi) is 4.61. The standard InChI is InChI=1S/C19H17FN2O3/c1-22-10-14(13-6-4-5-12(9-13)11-23)17(19(22)25)18(24)21-16-8-3-2-7-15(16)20/h2-9,11,14,17H,10H2,1H3,(H,21,24). The first-order valence-corrected chi connectivity index (χ1v) is 7.86. The molecule has 1 heterocycles. The molecule has 0 aliphatic carbocycles. The Morgan fingerprint density at radius 2 is 2.00 bits per heavy atom. The summed E-state index contributed by atoms with van der Waals surface area (Å²) in [6.45, 7) is 0.358. The predicted molar refractivity (Wildman–Crippen MR) is 90.7 cm³/mol. The number of carbonyl (C=O) groups is 3. The second kappa shape index (κ2) is 6.84. The minimum Gasteiger partial charge on any atom is -0.344 e. The quantitative estimate of drug-likeness (QED) is 0.687. The summed E-state index contributed by atoms with van der Waals surface area (Å²) in [5.41, 5.74) is 1.25. The van der Waals surface area contributed by atoms with Crippen LogP contribution in [0.1, 0.15) is 21.8 Å². The molecule has 2 atom stereocenters. The van der Waals surface area contributed by atoms with E-state index in [0.29, 0.717) is 12.1 Å². The summed E-state index contributed by atoms with van der Waals surface area (Å²) in [5, 5.41) is 2.50. The maximum Gasteiger partial charge on any atom is 0.237 e. The zero-order chi connectivity index (χ0) is 18.0. The Labute approximate surface area is 144 Å². The van der Waals surface area contributed by atoms with Crippen molar-refractivity contribution in [3.05, 3.63) is 65.5 Å². The molecule has 0 saturated carbocycles. The van der Waals surface area contributed by atoms with Crippen molar-refractivity contribution < 1.29 is 18.8 Å². The highest BCUT2D eigenvalue weighted by atomic mass is 19.1. The molecule has 0 radical (unpaired) electrons. The lowest BCUT2D eigenvalue weighted by Crippen LogP contribution is -2.33. The SMILES string of the molecule is CN1CC(c2cccc(C=O)c2)C(C(=O)Nc2ccccc2F)C1=O. The molecule has 0 spiro atoms. The fraction of sp³-hybridized carbons (Fsp3) is 0.211. The number of para-hydroxylation sites is 1. The summed E-state index contributed by atoms with van der Waals surface area (Å²) in [6, 6.07) is 12.6. The molecule has 0 bridgehead atoms. The number of halogens is 1. The van der Waals surface area contributed by atoms with Gasteiger partial charge in [0.15, 0.2) is 0 Å². The van der Waals surface area contributed by atoms with Crippen LogP contribution >= 0.6 is 0 Å². The lowest BCUT2D eigenvalue weighted by molar-refractivity contribution is -0.135. The molecular formula is C19H17FN2O3. The van der Waals surface area contributed by atoms with Crippen molar-refractivity contribution in [1.82, 2.24) is 4.90 Å². The van der Waals surface area contributed by atoms with Gasteiger partial charge in [0, 0.05) is 25.1 Å². The largest absolute Gasteiger partial charge is 0.344 e. The van der Waals surface area contributed by atoms with Gasteiger partial charge in [-0.2, -0.15) is 0 Å². The van der Waals surface area contributed by atoms with Gasteiger partial charge >= 0.3 is 0 Å². The third-order valence-corrected chi connectivity index (χ3v) is 4.40. The van der Waals surface area contributed by atoms with Crippen LogP contribution in [-0.2, 0) is 9.59 Å². The predicted octanol–water partition coefficient (Wildman–Crippen LogP) is 2.45. The summed E-state index contributed by atoms with van der Waals surface area (Å²) in [5.74, 6) is -2.80. The lowest BCUT2D eigenvalue weighted by atomic mass is 9.87. The van der Waals surface area contributed by atoms with Gasteiger partial charge < -0.3 is 10.2 Å². The molecule has 3 rings (SSSR count). The van der Waals surface area contributed by atoms with Crippen LogP contribution < -0.4 is 5.32 Å². The molecule has 2 amide bonds. The van der Waals surface area contributed by atoms with E-state index in [2.05, 4.69) is 5.32 Å². The molecule has 6 heteroatoms. The van der Waals surface area contributed by atoms with Crippen LogP contribution in [0.2, 0.25) is 0 Å². The number of likely N-dealkylation sites (tertiary alicyclic amines) is 1. The minimum absolute atomic E-state index is 0.0373. The minimum atomic E-state index is -0.966. The highest BCUT2D eigenvalue weighted by molar-refractivity contribution is 6.08. The number of carbonyl (C=O) groups excluding carboxylic acids is 3. The van der Waals surface area contributed by atoms with E-state index >= 15 is 0 Å². The highest BCUT2D eigenvalue weighted by Gasteiger charge is 2.44. The van der Waals surface area contributed by atoms with E-state index in [-0.39, 0.29) is 11.6 Å². The molecule has 2 aromatic carbocycles. The van der Waals surface area contributed by atoms with Crippen molar-refractivity contribution in [2.45, 2.75) is 5.92 Å². The van der Waals surface area contributed by atoms with Gasteiger partial charge in [-0.15, -0.1) is 0 Å². The third kappa shape index (κ3) is 3.28. The highest BCUT2D eigenvalue weighted by Crippen LogP contribution is 2.34. The Morgan fingerprint density at radius 3 is 2.72 bits per heavy atom. The average Bonchev–Trinajstić information content (AvgIpc) is 2.92. The molecule has 0 aromatic heterocycles. The Morgan fingerprint density at radius 1 is 1.24 bits per heavy atom. The van der Waals surface area contributed by atoms with E-state index in [1.54, 1.807) is 37.4 Å². The van der Waals surface area contributed by atoms with Gasteiger partial charge in [-0.1, -0.05) is 30.3 Å². The molecule has 2 aromatic rings. The third-order valence-electron chi connectivity index (χ3n) is 4.40. The summed E-state index contributed by atoms with van der Waals surface area (Å²) in [4.78, 5) is 37.6. The van der Waals surface area contributed by atoms with Gasteiger partial charge in [-0.25, -0.2) is 4.39 Å². The molecule has 1 saturated heterocycles. The first-order valence-electron chi connectivity index (χ1n) is 7.86. The van der Waals surface area contributed by atoms with Crippen molar-refractivity contribution in [3.8, 4) is 0 Å². The number of nitrogens with one attached hydrogen (secondary N) is 1. The van der Waals surface area contributed by atoms with E-state index in [1.807, 2.05) is 0 Å². The van der Waals surface area contributed by atoms with Crippen LogP contribution in [0.15, 0.2) is 48.5 Å². The maximum absolute atomic E-state index is 13.8. The van der Waals surface area contributed by atoms with Crippen molar-refractivity contribution >= 4 is 23.8 Å². The van der Waals surface area contributed by atoms with Crippen LogP contribution in [0.25, 0.3) is 0 Å². The molecule has 5 nitrogen and oxygen atoms in total. The zero-order valence-electron chi connectivity index (χ0n) is 13.6. The number of aldehydes is 1. The molecule has 2 unspecified atom stereocenters. The summed E-state index contributed by atoms with van der Waals surface area (Å²) in [7, 11) is 1.62. The summed E-state index contributed by atoms with van der Waals surface area (Å²) < 4.78 is 13.8. The van der Waals surface area contributed by atoms with Gasteiger partial charge in [-0.05, 0) is 23.8 Å². The van der Waals surface area contributed by atoms with Crippen LogP contribution in [0, 0.1) is 11.7 Å². The van der Waals surface area contributed by atoms with Gasteiger partial charge in [0.2, 0.25) is 11.8 Å². The molecular weight excluding hydrogens is 323 g/mol.